The Labute approximate surface area is 110 Å². The van der Waals surface area contributed by atoms with E-state index >= 15 is 0 Å². The fourth-order valence-electron chi connectivity index (χ4n) is 2.10. The summed E-state index contributed by atoms with van der Waals surface area (Å²) in [5.41, 5.74) is 8.22. The van der Waals surface area contributed by atoms with Crippen molar-refractivity contribution in [3.63, 3.8) is 0 Å². The van der Waals surface area contributed by atoms with Gasteiger partial charge in [0.05, 0.1) is 0 Å². The molecule has 3 nitrogen and oxygen atoms in total. The second-order valence-corrected chi connectivity index (χ2v) is 4.50. The van der Waals surface area contributed by atoms with E-state index in [1.807, 2.05) is 0 Å². The zero-order valence-corrected chi connectivity index (χ0v) is 11.2. The van der Waals surface area contributed by atoms with Crippen molar-refractivity contribution in [2.75, 3.05) is 44.7 Å². The molecule has 0 aliphatic carbocycles. The summed E-state index contributed by atoms with van der Waals surface area (Å²) in [7, 11) is 2.18. The number of anilines is 1. The topological polar surface area (TPSA) is 32.5 Å². The van der Waals surface area contributed by atoms with Crippen molar-refractivity contribution < 1.29 is 0 Å². The number of hydrogen-bond acceptors (Lipinski definition) is 3. The Bertz CT molecular complexity index is 318. The lowest BCUT2D eigenvalue weighted by atomic mass is 10.1. The molecule has 2 N–H and O–H groups in total. The summed E-state index contributed by atoms with van der Waals surface area (Å²) in [6, 6.07) is 8.83. The van der Waals surface area contributed by atoms with E-state index < -0.39 is 0 Å². The van der Waals surface area contributed by atoms with Crippen LogP contribution in [0.2, 0.25) is 0 Å². The van der Waals surface area contributed by atoms with Gasteiger partial charge in [-0.2, -0.15) is 0 Å². The van der Waals surface area contributed by atoms with Crippen LogP contribution in [0, 0.1) is 0 Å². The molecule has 0 amide bonds. The fourth-order valence-corrected chi connectivity index (χ4v) is 2.10. The predicted octanol–water partition coefficient (Wildman–Crippen LogP) is 1.36. The molecule has 1 heterocycles. The zero-order chi connectivity index (χ0) is 11.4. The fraction of sp³-hybridized carbons (Fsp3) is 0.538. The van der Waals surface area contributed by atoms with Crippen LogP contribution in [0.3, 0.4) is 0 Å². The van der Waals surface area contributed by atoms with Gasteiger partial charge in [-0.05, 0) is 37.7 Å². The first-order valence-corrected chi connectivity index (χ1v) is 6.02. The molecule has 17 heavy (non-hydrogen) atoms. The lowest BCUT2D eigenvalue weighted by Gasteiger charge is -2.34. The van der Waals surface area contributed by atoms with Crippen LogP contribution in [-0.2, 0) is 6.42 Å². The highest BCUT2D eigenvalue weighted by molar-refractivity contribution is 5.85. The van der Waals surface area contributed by atoms with Crippen molar-refractivity contribution in [3.05, 3.63) is 29.8 Å². The maximum absolute atomic E-state index is 5.54. The number of rotatable bonds is 3. The molecule has 0 bridgehead atoms. The van der Waals surface area contributed by atoms with Crippen LogP contribution in [0.25, 0.3) is 0 Å². The van der Waals surface area contributed by atoms with Crippen LogP contribution in [0.5, 0.6) is 0 Å². The highest BCUT2D eigenvalue weighted by Crippen LogP contribution is 2.17. The van der Waals surface area contributed by atoms with Gasteiger partial charge in [-0.15, -0.1) is 12.4 Å². The second kappa shape index (κ2) is 6.84. The summed E-state index contributed by atoms with van der Waals surface area (Å²) >= 11 is 0. The molecule has 4 heteroatoms. The lowest BCUT2D eigenvalue weighted by Crippen LogP contribution is -2.44. The molecule has 1 saturated heterocycles. The Morgan fingerprint density at radius 1 is 1.06 bits per heavy atom. The lowest BCUT2D eigenvalue weighted by molar-refractivity contribution is 0.313. The Morgan fingerprint density at radius 3 is 2.18 bits per heavy atom. The molecule has 0 radical (unpaired) electrons. The minimum Gasteiger partial charge on any atom is -0.369 e. The number of nitrogens with zero attached hydrogens (tertiary/aromatic N) is 2. The normalized spacial score (nSPS) is 16.7. The quantitative estimate of drug-likeness (QED) is 0.885. The molecule has 1 aromatic rings. The molecule has 0 unspecified atom stereocenters. The van der Waals surface area contributed by atoms with E-state index in [2.05, 4.69) is 41.1 Å². The minimum absolute atomic E-state index is 0. The van der Waals surface area contributed by atoms with Crippen molar-refractivity contribution in [3.8, 4) is 0 Å². The maximum atomic E-state index is 5.54. The molecule has 1 fully saturated rings. The van der Waals surface area contributed by atoms with Gasteiger partial charge in [0, 0.05) is 31.9 Å². The molecule has 1 aliphatic rings. The van der Waals surface area contributed by atoms with Gasteiger partial charge in [-0.1, -0.05) is 12.1 Å². The summed E-state index contributed by atoms with van der Waals surface area (Å²) in [6.07, 6.45) is 0.975. The average Bonchev–Trinajstić information content (AvgIpc) is 2.32. The smallest absolute Gasteiger partial charge is 0.0367 e. The summed E-state index contributed by atoms with van der Waals surface area (Å²) in [6.45, 7) is 5.31. The van der Waals surface area contributed by atoms with Crippen molar-refractivity contribution in [2.24, 2.45) is 5.73 Å². The Balaban J connectivity index is 0.00000144. The number of piperazine rings is 1. The van der Waals surface area contributed by atoms with Crippen molar-refractivity contribution in [1.29, 1.82) is 0 Å². The van der Waals surface area contributed by atoms with Crippen molar-refractivity contribution in [2.45, 2.75) is 6.42 Å². The minimum atomic E-state index is 0. The third kappa shape index (κ3) is 3.87. The van der Waals surface area contributed by atoms with Gasteiger partial charge in [-0.3, -0.25) is 0 Å². The number of halogens is 1. The van der Waals surface area contributed by atoms with Crippen LogP contribution in [0.4, 0.5) is 5.69 Å². The molecule has 2 rings (SSSR count). The van der Waals surface area contributed by atoms with Crippen LogP contribution in [0.1, 0.15) is 5.56 Å². The van der Waals surface area contributed by atoms with E-state index in [-0.39, 0.29) is 12.4 Å². The van der Waals surface area contributed by atoms with Gasteiger partial charge in [0.15, 0.2) is 0 Å². The number of nitrogens with two attached hydrogens (primary N) is 1. The van der Waals surface area contributed by atoms with Gasteiger partial charge in [0.2, 0.25) is 0 Å². The highest BCUT2D eigenvalue weighted by Gasteiger charge is 2.13. The molecular weight excluding hydrogens is 234 g/mol. The van der Waals surface area contributed by atoms with Crippen molar-refractivity contribution in [1.82, 2.24) is 4.90 Å². The van der Waals surface area contributed by atoms with Crippen LogP contribution in [0.15, 0.2) is 24.3 Å². The molecule has 0 atom stereocenters. The van der Waals surface area contributed by atoms with E-state index in [1.165, 1.54) is 11.3 Å². The summed E-state index contributed by atoms with van der Waals surface area (Å²) in [5, 5.41) is 0. The Morgan fingerprint density at radius 2 is 1.65 bits per heavy atom. The van der Waals surface area contributed by atoms with Gasteiger partial charge in [0.25, 0.3) is 0 Å². The number of benzene rings is 1. The van der Waals surface area contributed by atoms with Crippen LogP contribution in [-0.4, -0.2) is 44.7 Å². The van der Waals surface area contributed by atoms with Gasteiger partial charge in [-0.25, -0.2) is 0 Å². The summed E-state index contributed by atoms with van der Waals surface area (Å²) in [4.78, 5) is 4.82. The van der Waals surface area contributed by atoms with Crippen molar-refractivity contribution >= 4 is 18.1 Å². The molecule has 96 valence electrons. The zero-order valence-electron chi connectivity index (χ0n) is 10.4. The molecule has 0 aromatic heterocycles. The average molecular weight is 256 g/mol. The first-order chi connectivity index (χ1) is 7.79. The Hall–Kier alpha value is -0.770. The number of likely N-dealkylation sites (N-methyl/N-ethyl adjacent to an activating group) is 1. The monoisotopic (exact) mass is 255 g/mol. The third-order valence-corrected chi connectivity index (χ3v) is 3.24. The second-order valence-electron chi connectivity index (χ2n) is 4.50. The first-order valence-electron chi connectivity index (χ1n) is 6.02. The number of hydrogen-bond donors (Lipinski definition) is 1. The first kappa shape index (κ1) is 14.3. The van der Waals surface area contributed by atoms with E-state index in [4.69, 9.17) is 5.73 Å². The third-order valence-electron chi connectivity index (χ3n) is 3.24. The summed E-state index contributed by atoms with van der Waals surface area (Å²) in [5.74, 6) is 0. The van der Waals surface area contributed by atoms with Gasteiger partial charge >= 0.3 is 0 Å². The standard InChI is InChI=1S/C13H21N3.ClH/c1-15-8-10-16(11-9-15)13-4-2-12(3-5-13)6-7-14;/h2-5H,6-11,14H2,1H3;1H. The Kier molecular flexibility index (Phi) is 5.75. The van der Waals surface area contributed by atoms with Crippen LogP contribution >= 0.6 is 12.4 Å². The molecule has 1 aliphatic heterocycles. The van der Waals surface area contributed by atoms with E-state index in [1.54, 1.807) is 0 Å². The predicted molar refractivity (Wildman–Crippen MR) is 76.2 cm³/mol. The summed E-state index contributed by atoms with van der Waals surface area (Å²) < 4.78 is 0. The SMILES string of the molecule is CN1CCN(c2ccc(CCN)cc2)CC1.Cl. The molecule has 0 spiro atoms. The van der Waals surface area contributed by atoms with E-state index in [9.17, 15) is 0 Å². The molecule has 0 saturated carbocycles. The maximum Gasteiger partial charge on any atom is 0.0367 e. The van der Waals surface area contributed by atoms with Gasteiger partial charge in [0.1, 0.15) is 0 Å². The molecular formula is C13H22ClN3. The van der Waals surface area contributed by atoms with Gasteiger partial charge < -0.3 is 15.5 Å². The van der Waals surface area contributed by atoms with E-state index in [0.717, 1.165) is 39.1 Å². The molecule has 1 aromatic carbocycles. The highest BCUT2D eigenvalue weighted by atomic mass is 35.5. The van der Waals surface area contributed by atoms with E-state index in [0.29, 0.717) is 0 Å². The largest absolute Gasteiger partial charge is 0.369 e. The van der Waals surface area contributed by atoms with Crippen LogP contribution < -0.4 is 10.6 Å².